The summed E-state index contributed by atoms with van der Waals surface area (Å²) in [4.78, 5) is 0. The lowest BCUT2D eigenvalue weighted by Crippen LogP contribution is -2.11. The van der Waals surface area contributed by atoms with Gasteiger partial charge in [0.05, 0.1) is 5.69 Å². The molecule has 1 rings (SSSR count). The standard InChI is InChI=1S/C14H23NS2/c1-13(2,3)10-16-8-7-12-11(9-17-15-12)14(4,5)6/h7-9H,10H2,1-6H3/b8-7-. The van der Waals surface area contributed by atoms with E-state index in [9.17, 15) is 0 Å². The first-order chi connectivity index (χ1) is 7.70. The molecule has 0 saturated carbocycles. The Morgan fingerprint density at radius 2 is 1.88 bits per heavy atom. The summed E-state index contributed by atoms with van der Waals surface area (Å²) < 4.78 is 4.46. The molecule has 0 spiro atoms. The molecule has 0 aromatic carbocycles. The summed E-state index contributed by atoms with van der Waals surface area (Å²) in [7, 11) is 0. The van der Waals surface area contributed by atoms with E-state index in [4.69, 9.17) is 0 Å². The smallest absolute Gasteiger partial charge is 0.0810 e. The van der Waals surface area contributed by atoms with Gasteiger partial charge in [0.25, 0.3) is 0 Å². The van der Waals surface area contributed by atoms with Crippen LogP contribution in [0.15, 0.2) is 10.8 Å². The normalized spacial score (nSPS) is 13.5. The molecule has 17 heavy (non-hydrogen) atoms. The van der Waals surface area contributed by atoms with Crippen LogP contribution in [0.1, 0.15) is 52.8 Å². The largest absolute Gasteiger partial charge is 0.193 e. The van der Waals surface area contributed by atoms with Crippen molar-refractivity contribution in [1.29, 1.82) is 0 Å². The third-order valence-electron chi connectivity index (χ3n) is 2.24. The maximum atomic E-state index is 4.46. The Bertz CT molecular complexity index is 378. The summed E-state index contributed by atoms with van der Waals surface area (Å²) in [6.45, 7) is 13.5. The Labute approximate surface area is 114 Å². The van der Waals surface area contributed by atoms with Crippen LogP contribution in [0.25, 0.3) is 6.08 Å². The minimum absolute atomic E-state index is 0.182. The lowest BCUT2D eigenvalue weighted by Gasteiger charge is -2.17. The maximum absolute atomic E-state index is 4.46. The van der Waals surface area contributed by atoms with Crippen LogP contribution < -0.4 is 0 Å². The fraction of sp³-hybridized carbons (Fsp3) is 0.643. The van der Waals surface area contributed by atoms with Crippen LogP contribution in [0.2, 0.25) is 0 Å². The Hall–Kier alpha value is -0.280. The molecule has 0 fully saturated rings. The van der Waals surface area contributed by atoms with Crippen LogP contribution in [-0.2, 0) is 5.41 Å². The lowest BCUT2D eigenvalue weighted by atomic mass is 9.88. The van der Waals surface area contributed by atoms with E-state index in [1.807, 2.05) is 11.8 Å². The van der Waals surface area contributed by atoms with Crippen LogP contribution in [0.5, 0.6) is 0 Å². The summed E-state index contributed by atoms with van der Waals surface area (Å²) in [5.74, 6) is 1.14. The van der Waals surface area contributed by atoms with Crippen molar-refractivity contribution in [1.82, 2.24) is 4.37 Å². The Morgan fingerprint density at radius 3 is 2.41 bits per heavy atom. The van der Waals surface area contributed by atoms with Crippen molar-refractivity contribution in [3.63, 3.8) is 0 Å². The molecule has 0 aliphatic carbocycles. The molecule has 0 amide bonds. The van der Waals surface area contributed by atoms with Gasteiger partial charge in [0.1, 0.15) is 0 Å². The fourth-order valence-corrected chi connectivity index (χ4v) is 3.06. The average molecular weight is 269 g/mol. The summed E-state index contributed by atoms with van der Waals surface area (Å²) in [6.07, 6.45) is 2.15. The van der Waals surface area contributed by atoms with Crippen molar-refractivity contribution >= 4 is 29.4 Å². The molecular formula is C14H23NS2. The predicted octanol–water partition coefficient (Wildman–Crippen LogP) is 5.19. The minimum atomic E-state index is 0.182. The number of hydrogen-bond donors (Lipinski definition) is 0. The van der Waals surface area contributed by atoms with E-state index in [1.54, 1.807) is 11.5 Å². The molecule has 0 radical (unpaired) electrons. The van der Waals surface area contributed by atoms with E-state index in [0.717, 1.165) is 11.4 Å². The molecule has 1 aromatic heterocycles. The third-order valence-corrected chi connectivity index (χ3v) is 4.25. The highest BCUT2D eigenvalue weighted by Crippen LogP contribution is 2.28. The second-order valence-electron chi connectivity index (χ2n) is 6.54. The highest BCUT2D eigenvalue weighted by molar-refractivity contribution is 8.02. The summed E-state index contributed by atoms with van der Waals surface area (Å²) in [5, 5.41) is 4.34. The van der Waals surface area contributed by atoms with Gasteiger partial charge in [-0.25, -0.2) is 0 Å². The van der Waals surface area contributed by atoms with Crippen LogP contribution in [0, 0.1) is 5.41 Å². The highest BCUT2D eigenvalue weighted by atomic mass is 32.2. The van der Waals surface area contributed by atoms with Gasteiger partial charge in [-0.2, -0.15) is 4.37 Å². The number of nitrogens with zero attached hydrogens (tertiary/aromatic N) is 1. The van der Waals surface area contributed by atoms with Gasteiger partial charge in [0, 0.05) is 11.1 Å². The summed E-state index contributed by atoms with van der Waals surface area (Å²) in [6, 6.07) is 0. The first-order valence-electron chi connectivity index (χ1n) is 5.93. The van der Waals surface area contributed by atoms with Gasteiger partial charge < -0.3 is 0 Å². The SMILES string of the molecule is CC(C)(C)CS/C=C\c1nscc1C(C)(C)C. The summed E-state index contributed by atoms with van der Waals surface area (Å²) in [5.41, 5.74) is 3.03. The van der Waals surface area contributed by atoms with Gasteiger partial charge >= 0.3 is 0 Å². The molecule has 1 nitrogen and oxygen atoms in total. The van der Waals surface area contributed by atoms with Crippen LogP contribution >= 0.6 is 23.3 Å². The topological polar surface area (TPSA) is 12.9 Å². The Balaban J connectivity index is 2.64. The second-order valence-corrected chi connectivity index (χ2v) is 8.06. The van der Waals surface area contributed by atoms with Gasteiger partial charge in [-0.15, -0.1) is 11.8 Å². The van der Waals surface area contributed by atoms with E-state index in [2.05, 4.69) is 62.8 Å². The lowest BCUT2D eigenvalue weighted by molar-refractivity contribution is 0.481. The molecule has 0 atom stereocenters. The van der Waals surface area contributed by atoms with Crippen LogP contribution in [0.4, 0.5) is 0 Å². The Kier molecular flexibility index (Phi) is 4.85. The van der Waals surface area contributed by atoms with E-state index in [1.165, 1.54) is 5.56 Å². The molecule has 0 unspecified atom stereocenters. The number of thioether (sulfide) groups is 1. The highest BCUT2D eigenvalue weighted by Gasteiger charge is 2.18. The first kappa shape index (κ1) is 14.8. The molecule has 1 aromatic rings. The van der Waals surface area contributed by atoms with E-state index >= 15 is 0 Å². The van der Waals surface area contributed by atoms with Gasteiger partial charge in [-0.3, -0.25) is 0 Å². The third kappa shape index (κ3) is 5.26. The summed E-state index contributed by atoms with van der Waals surface area (Å²) >= 11 is 3.41. The molecule has 96 valence electrons. The molecule has 0 N–H and O–H groups in total. The van der Waals surface area contributed by atoms with Crippen LogP contribution in [-0.4, -0.2) is 10.1 Å². The van der Waals surface area contributed by atoms with Crippen molar-refractivity contribution in [2.75, 3.05) is 5.75 Å². The van der Waals surface area contributed by atoms with Gasteiger partial charge in [-0.05, 0) is 39.4 Å². The van der Waals surface area contributed by atoms with E-state index in [-0.39, 0.29) is 5.41 Å². The van der Waals surface area contributed by atoms with Gasteiger partial charge in [0.15, 0.2) is 0 Å². The second kappa shape index (κ2) is 5.57. The minimum Gasteiger partial charge on any atom is -0.193 e. The predicted molar refractivity (Wildman–Crippen MR) is 81.8 cm³/mol. The van der Waals surface area contributed by atoms with Crippen molar-refractivity contribution in [2.24, 2.45) is 5.41 Å². The van der Waals surface area contributed by atoms with Crippen molar-refractivity contribution < 1.29 is 0 Å². The zero-order valence-corrected chi connectivity index (χ0v) is 13.3. The van der Waals surface area contributed by atoms with Gasteiger partial charge in [-0.1, -0.05) is 41.5 Å². The molecule has 0 saturated heterocycles. The first-order valence-corrected chi connectivity index (χ1v) is 7.82. The molecule has 0 aliphatic rings. The molecule has 3 heteroatoms. The molecule has 0 aliphatic heterocycles. The quantitative estimate of drug-likeness (QED) is 0.749. The van der Waals surface area contributed by atoms with Crippen molar-refractivity contribution in [3.8, 4) is 0 Å². The zero-order valence-electron chi connectivity index (χ0n) is 11.7. The Morgan fingerprint density at radius 1 is 1.24 bits per heavy atom. The monoisotopic (exact) mass is 269 g/mol. The van der Waals surface area contributed by atoms with E-state index in [0.29, 0.717) is 5.41 Å². The fourth-order valence-electron chi connectivity index (χ4n) is 1.34. The number of rotatable bonds is 3. The van der Waals surface area contributed by atoms with Crippen molar-refractivity contribution in [3.05, 3.63) is 22.0 Å². The number of hydrogen-bond acceptors (Lipinski definition) is 3. The molecule has 1 heterocycles. The van der Waals surface area contributed by atoms with Crippen LogP contribution in [0.3, 0.4) is 0 Å². The van der Waals surface area contributed by atoms with Crippen molar-refractivity contribution in [2.45, 2.75) is 47.0 Å². The zero-order chi connectivity index (χ0) is 13.1. The maximum Gasteiger partial charge on any atom is 0.0810 e. The average Bonchev–Trinajstić information content (AvgIpc) is 2.58. The molecule has 0 bridgehead atoms. The van der Waals surface area contributed by atoms with Gasteiger partial charge in [0.2, 0.25) is 0 Å². The van der Waals surface area contributed by atoms with E-state index < -0.39 is 0 Å². The number of aromatic nitrogens is 1. The molecular weight excluding hydrogens is 246 g/mol.